The first-order valence-corrected chi connectivity index (χ1v) is 7.29. The minimum Gasteiger partial charge on any atom is -0.353 e. The number of carbonyl (C=O) groups is 1. The van der Waals surface area contributed by atoms with Crippen LogP contribution in [0.3, 0.4) is 0 Å². The van der Waals surface area contributed by atoms with Crippen LogP contribution in [0.15, 0.2) is 0 Å². The van der Waals surface area contributed by atoms with Crippen molar-refractivity contribution in [2.24, 2.45) is 0 Å². The Morgan fingerprint density at radius 2 is 1.93 bits per heavy atom. The summed E-state index contributed by atoms with van der Waals surface area (Å²) in [6.45, 7) is 3.82. The van der Waals surface area contributed by atoms with E-state index >= 15 is 0 Å². The molecule has 2 unspecified atom stereocenters. The highest BCUT2D eigenvalue weighted by Crippen LogP contribution is 2.06. The number of rotatable bonds is 5. The zero-order valence-corrected chi connectivity index (χ0v) is 11.0. The first kappa shape index (κ1) is 13.9. The highest BCUT2D eigenvalue weighted by molar-refractivity contribution is 9.09. The van der Waals surface area contributed by atoms with E-state index in [1.165, 1.54) is 0 Å². The van der Waals surface area contributed by atoms with Crippen molar-refractivity contribution in [3.8, 4) is 0 Å². The highest BCUT2D eigenvalue weighted by atomic mass is 79.9. The van der Waals surface area contributed by atoms with E-state index in [9.17, 15) is 13.2 Å². The number of hydrogen-bond donors (Lipinski definition) is 1. The fourth-order valence-electron chi connectivity index (χ4n) is 1.10. The van der Waals surface area contributed by atoms with Gasteiger partial charge in [0.1, 0.15) is 5.75 Å². The number of halogens is 1. The molecule has 0 saturated heterocycles. The predicted molar refractivity (Wildman–Crippen MR) is 60.3 cm³/mol. The van der Waals surface area contributed by atoms with Gasteiger partial charge in [-0.1, -0.05) is 22.9 Å². The fourth-order valence-corrected chi connectivity index (χ4v) is 2.22. The van der Waals surface area contributed by atoms with Gasteiger partial charge in [-0.25, -0.2) is 8.42 Å². The van der Waals surface area contributed by atoms with Crippen LogP contribution in [0.4, 0.5) is 0 Å². The van der Waals surface area contributed by atoms with Crippen molar-refractivity contribution in [1.29, 1.82) is 0 Å². The van der Waals surface area contributed by atoms with Crippen LogP contribution in [-0.2, 0) is 14.6 Å². The molecule has 0 aromatic heterocycles. The Morgan fingerprint density at radius 1 is 1.43 bits per heavy atom. The Balaban J connectivity index is 3.95. The van der Waals surface area contributed by atoms with Crippen molar-refractivity contribution in [2.45, 2.75) is 31.1 Å². The van der Waals surface area contributed by atoms with Crippen molar-refractivity contribution < 1.29 is 13.2 Å². The first-order chi connectivity index (χ1) is 6.20. The molecule has 0 radical (unpaired) electrons. The van der Waals surface area contributed by atoms with Gasteiger partial charge >= 0.3 is 0 Å². The number of sulfone groups is 1. The Bertz CT molecular complexity index is 287. The van der Waals surface area contributed by atoms with Crippen molar-refractivity contribution in [1.82, 2.24) is 5.32 Å². The molecule has 0 aromatic carbocycles. The number of amides is 1. The number of nitrogens with one attached hydrogen (secondary N) is 1. The molecular formula is C8H16BrNO3S. The molecule has 14 heavy (non-hydrogen) atoms. The van der Waals surface area contributed by atoms with Crippen LogP contribution in [0.5, 0.6) is 0 Å². The topological polar surface area (TPSA) is 63.2 Å². The summed E-state index contributed by atoms with van der Waals surface area (Å²) >= 11 is 3.36. The molecule has 0 aliphatic heterocycles. The maximum atomic E-state index is 11.1. The van der Waals surface area contributed by atoms with Crippen LogP contribution in [0.2, 0.25) is 0 Å². The molecule has 0 aromatic rings. The Hall–Kier alpha value is -0.100. The average molecular weight is 286 g/mol. The minimum absolute atomic E-state index is 0.0152. The third-order valence-corrected chi connectivity index (χ3v) is 2.64. The van der Waals surface area contributed by atoms with E-state index in [4.69, 9.17) is 0 Å². The summed E-state index contributed by atoms with van der Waals surface area (Å²) in [6.07, 6.45) is 1.82. The number of hydrogen-bond acceptors (Lipinski definition) is 3. The van der Waals surface area contributed by atoms with Gasteiger partial charge in [0, 0.05) is 17.1 Å². The molecule has 0 rings (SSSR count). The summed E-state index contributed by atoms with van der Waals surface area (Å²) in [5.41, 5.74) is 0. The Morgan fingerprint density at radius 3 is 2.29 bits per heavy atom. The molecule has 0 bridgehead atoms. The van der Waals surface area contributed by atoms with E-state index in [-0.39, 0.29) is 6.04 Å². The number of carbonyl (C=O) groups excluding carboxylic acids is 1. The maximum absolute atomic E-state index is 11.1. The van der Waals surface area contributed by atoms with Crippen molar-refractivity contribution in [3.05, 3.63) is 0 Å². The third-order valence-electron chi connectivity index (χ3n) is 1.48. The van der Waals surface area contributed by atoms with Gasteiger partial charge in [0.05, 0.1) is 0 Å². The molecule has 6 heteroatoms. The van der Waals surface area contributed by atoms with Crippen molar-refractivity contribution in [2.75, 3.05) is 12.0 Å². The van der Waals surface area contributed by atoms with Gasteiger partial charge in [-0.2, -0.15) is 0 Å². The van der Waals surface area contributed by atoms with Gasteiger partial charge in [0.25, 0.3) is 0 Å². The molecule has 0 fully saturated rings. The second-order valence-corrected chi connectivity index (χ2v) is 7.26. The molecule has 4 nitrogen and oxygen atoms in total. The van der Waals surface area contributed by atoms with Crippen LogP contribution in [0.25, 0.3) is 0 Å². The van der Waals surface area contributed by atoms with E-state index in [1.54, 1.807) is 0 Å². The van der Waals surface area contributed by atoms with Gasteiger partial charge in [-0.3, -0.25) is 4.79 Å². The standard InChI is InChI=1S/C8H16BrNO3S/c1-6(9)4-7(2)10-8(11)5-14(3,12)13/h6-7H,4-5H2,1-3H3,(H,10,11). The third kappa shape index (κ3) is 8.50. The normalized spacial score (nSPS) is 16.0. The molecule has 0 heterocycles. The SMILES string of the molecule is CC(Br)CC(C)NC(=O)CS(C)(=O)=O. The van der Waals surface area contributed by atoms with Gasteiger partial charge < -0.3 is 5.32 Å². The fraction of sp³-hybridized carbons (Fsp3) is 0.875. The lowest BCUT2D eigenvalue weighted by atomic mass is 10.2. The zero-order chi connectivity index (χ0) is 11.4. The van der Waals surface area contributed by atoms with Crippen LogP contribution in [0.1, 0.15) is 20.3 Å². The summed E-state index contributed by atoms with van der Waals surface area (Å²) in [7, 11) is -3.22. The molecular weight excluding hydrogens is 270 g/mol. The zero-order valence-electron chi connectivity index (χ0n) is 8.58. The second kappa shape index (κ2) is 5.70. The molecule has 84 valence electrons. The summed E-state index contributed by atoms with van der Waals surface area (Å²) in [6, 6.07) is -0.0152. The van der Waals surface area contributed by atoms with E-state index < -0.39 is 21.5 Å². The van der Waals surface area contributed by atoms with Crippen molar-refractivity contribution in [3.63, 3.8) is 0 Å². The van der Waals surface area contributed by atoms with Crippen LogP contribution in [-0.4, -0.2) is 37.2 Å². The molecule has 1 N–H and O–H groups in total. The molecule has 0 aliphatic carbocycles. The van der Waals surface area contributed by atoms with Crippen molar-refractivity contribution >= 4 is 31.7 Å². The minimum atomic E-state index is -3.22. The lowest BCUT2D eigenvalue weighted by molar-refractivity contribution is -0.119. The number of alkyl halides is 1. The van der Waals surface area contributed by atoms with Gasteiger partial charge in [0.2, 0.25) is 5.91 Å². The summed E-state index contributed by atoms with van der Waals surface area (Å²) < 4.78 is 21.6. The largest absolute Gasteiger partial charge is 0.353 e. The first-order valence-electron chi connectivity index (χ1n) is 4.32. The molecule has 0 spiro atoms. The van der Waals surface area contributed by atoms with Crippen LogP contribution >= 0.6 is 15.9 Å². The quantitative estimate of drug-likeness (QED) is 0.757. The van der Waals surface area contributed by atoms with E-state index in [0.717, 1.165) is 12.7 Å². The summed E-state index contributed by atoms with van der Waals surface area (Å²) in [5, 5.41) is 2.62. The molecule has 2 atom stereocenters. The molecule has 1 amide bonds. The smallest absolute Gasteiger partial charge is 0.235 e. The van der Waals surface area contributed by atoms with Gasteiger partial charge in [-0.15, -0.1) is 0 Å². The Kier molecular flexibility index (Phi) is 5.66. The predicted octanol–water partition coefficient (Wildman–Crippen LogP) is 0.709. The summed E-state index contributed by atoms with van der Waals surface area (Å²) in [5.74, 6) is -0.873. The average Bonchev–Trinajstić information content (AvgIpc) is 1.77. The van der Waals surface area contributed by atoms with E-state index in [1.807, 2.05) is 13.8 Å². The van der Waals surface area contributed by atoms with Crippen LogP contribution < -0.4 is 5.32 Å². The lowest BCUT2D eigenvalue weighted by Crippen LogP contribution is -2.37. The van der Waals surface area contributed by atoms with E-state index in [0.29, 0.717) is 4.83 Å². The molecule has 0 aliphatic rings. The summed E-state index contributed by atoms with van der Waals surface area (Å²) in [4.78, 5) is 11.4. The Labute approximate surface area is 93.5 Å². The monoisotopic (exact) mass is 285 g/mol. The van der Waals surface area contributed by atoms with E-state index in [2.05, 4.69) is 21.2 Å². The highest BCUT2D eigenvalue weighted by Gasteiger charge is 2.14. The lowest BCUT2D eigenvalue weighted by Gasteiger charge is -2.14. The second-order valence-electron chi connectivity index (χ2n) is 3.56. The van der Waals surface area contributed by atoms with Crippen LogP contribution in [0, 0.1) is 0 Å². The molecule has 0 saturated carbocycles. The van der Waals surface area contributed by atoms with Gasteiger partial charge in [0.15, 0.2) is 9.84 Å². The maximum Gasteiger partial charge on any atom is 0.235 e. The van der Waals surface area contributed by atoms with Gasteiger partial charge in [-0.05, 0) is 13.3 Å².